The molecular weight excluding hydrogens is 581 g/mol. The first-order valence-corrected chi connectivity index (χ1v) is 14.0. The summed E-state index contributed by atoms with van der Waals surface area (Å²) in [7, 11) is 2.00. The molecule has 11 nitrogen and oxygen atoms in total. The number of likely N-dealkylation sites (tertiary alicyclic amines) is 1. The summed E-state index contributed by atoms with van der Waals surface area (Å²) in [5.41, 5.74) is 0.499. The molecule has 0 bridgehead atoms. The minimum atomic E-state index is -4.52. The van der Waals surface area contributed by atoms with Gasteiger partial charge in [0.05, 0.1) is 33.4 Å². The molecule has 4 aromatic rings. The fourth-order valence-electron chi connectivity index (χ4n) is 5.57. The van der Waals surface area contributed by atoms with Crippen LogP contribution in [0.4, 0.5) is 18.9 Å². The Labute approximate surface area is 248 Å². The first-order chi connectivity index (χ1) is 21.0. The van der Waals surface area contributed by atoms with Crippen LogP contribution in [0.1, 0.15) is 39.1 Å². The van der Waals surface area contributed by atoms with Crippen LogP contribution in [0.5, 0.6) is 5.75 Å². The van der Waals surface area contributed by atoms with Crippen LogP contribution in [-0.4, -0.2) is 87.1 Å². The molecular formula is C30H29F3N6O5. The van der Waals surface area contributed by atoms with E-state index in [1.165, 1.54) is 23.2 Å². The number of aliphatic hydroxyl groups is 1. The highest BCUT2D eigenvalue weighted by Gasteiger charge is 2.41. The normalized spacial score (nSPS) is 16.9. The number of halogens is 3. The summed E-state index contributed by atoms with van der Waals surface area (Å²) in [4.78, 5) is 53.1. The van der Waals surface area contributed by atoms with E-state index in [-0.39, 0.29) is 59.3 Å². The van der Waals surface area contributed by atoms with Crippen LogP contribution in [0, 0.1) is 0 Å². The lowest BCUT2D eigenvalue weighted by Gasteiger charge is -2.33. The Balaban J connectivity index is 1.18. The fraction of sp³-hybridized carbons (Fsp3) is 0.333. The van der Waals surface area contributed by atoms with Gasteiger partial charge < -0.3 is 30.0 Å². The summed E-state index contributed by atoms with van der Waals surface area (Å²) in [6.07, 6.45) is -2.83. The van der Waals surface area contributed by atoms with Crippen LogP contribution in [0.25, 0.3) is 22.4 Å². The van der Waals surface area contributed by atoms with Gasteiger partial charge in [0.25, 0.3) is 17.4 Å². The van der Waals surface area contributed by atoms with E-state index in [9.17, 15) is 32.7 Å². The zero-order valence-electron chi connectivity index (χ0n) is 23.6. The van der Waals surface area contributed by atoms with Gasteiger partial charge in [-0.3, -0.25) is 19.3 Å². The molecule has 2 aromatic heterocycles. The van der Waals surface area contributed by atoms with Crippen molar-refractivity contribution in [2.45, 2.75) is 31.2 Å². The molecule has 6 rings (SSSR count). The number of fused-ring (bicyclic) bond motifs is 2. The van der Waals surface area contributed by atoms with Crippen molar-refractivity contribution in [1.82, 2.24) is 24.8 Å². The first kappa shape index (κ1) is 29.4. The highest BCUT2D eigenvalue weighted by atomic mass is 19.4. The van der Waals surface area contributed by atoms with E-state index in [4.69, 9.17) is 4.74 Å². The van der Waals surface area contributed by atoms with Gasteiger partial charge in [0.2, 0.25) is 0 Å². The number of ether oxygens (including phenoxy) is 1. The molecule has 0 saturated carbocycles. The SMILES string of the molecule is CN1CCC(N2C(=O)c3cc4nc(-c5c(NC[C@@H](O)COc6cccc(C(F)(F)F)c6)cc[nH]c5=O)[nH]c4cc3C2=O)CC1. The number of nitrogens with zero attached hydrogens (tertiary/aromatic N) is 3. The van der Waals surface area contributed by atoms with E-state index in [0.29, 0.717) is 29.6 Å². The zero-order chi connectivity index (χ0) is 31.2. The van der Waals surface area contributed by atoms with Crippen molar-refractivity contribution in [3.63, 3.8) is 0 Å². The molecule has 4 N–H and O–H groups in total. The van der Waals surface area contributed by atoms with Crippen LogP contribution < -0.4 is 15.6 Å². The Hall–Kier alpha value is -4.69. The number of rotatable bonds is 8. The van der Waals surface area contributed by atoms with Crippen LogP contribution in [0.15, 0.2) is 53.5 Å². The van der Waals surface area contributed by atoms with E-state index in [0.717, 1.165) is 25.2 Å². The van der Waals surface area contributed by atoms with Crippen LogP contribution in [-0.2, 0) is 6.18 Å². The number of aliphatic hydroxyl groups excluding tert-OH is 1. The van der Waals surface area contributed by atoms with Gasteiger partial charge >= 0.3 is 6.18 Å². The second kappa shape index (κ2) is 11.4. The summed E-state index contributed by atoms with van der Waals surface area (Å²) in [6.45, 7) is 1.19. The van der Waals surface area contributed by atoms with Crippen LogP contribution in [0.2, 0.25) is 0 Å². The van der Waals surface area contributed by atoms with Gasteiger partial charge in [-0.05, 0) is 69.4 Å². The third-order valence-corrected chi connectivity index (χ3v) is 7.90. The zero-order valence-corrected chi connectivity index (χ0v) is 23.6. The number of piperidine rings is 1. The van der Waals surface area contributed by atoms with E-state index in [1.54, 1.807) is 18.2 Å². The quantitative estimate of drug-likeness (QED) is 0.222. The molecule has 14 heteroatoms. The first-order valence-electron chi connectivity index (χ1n) is 14.0. The number of alkyl halides is 3. The topological polar surface area (TPSA) is 144 Å². The average Bonchev–Trinajstić information content (AvgIpc) is 3.51. The standard InChI is InChI=1S/C30H29F3N6O5/c1-38-9-6-17(7-10-38)39-28(42)20-12-23-24(13-21(20)29(39)43)37-26(36-23)25-22(5-8-34-27(25)41)35-14-18(40)15-44-19-4-2-3-16(11-19)30(31,32)33/h2-5,8,11-13,17-18,40H,6-7,9-10,14-15H2,1H3,(H,36,37)(H2,34,35,41)/t18-/m1/s1. The molecule has 0 radical (unpaired) electrons. The summed E-state index contributed by atoms with van der Waals surface area (Å²) in [5, 5.41) is 13.4. The van der Waals surface area contributed by atoms with Crippen LogP contribution in [0.3, 0.4) is 0 Å². The number of imide groups is 1. The van der Waals surface area contributed by atoms with Crippen molar-refractivity contribution < 1.29 is 32.6 Å². The molecule has 0 aliphatic carbocycles. The summed E-state index contributed by atoms with van der Waals surface area (Å²) >= 11 is 0. The molecule has 2 aliphatic rings. The number of carbonyl (C=O) groups is 2. The molecule has 0 unspecified atom stereocenters. The van der Waals surface area contributed by atoms with Gasteiger partial charge in [0.15, 0.2) is 0 Å². The molecule has 2 amide bonds. The Kier molecular flexibility index (Phi) is 7.63. The van der Waals surface area contributed by atoms with E-state index in [1.807, 2.05) is 7.05 Å². The summed E-state index contributed by atoms with van der Waals surface area (Å²) in [5.74, 6) is -0.572. The number of carbonyl (C=O) groups excluding carboxylic acids is 2. The molecule has 2 aromatic carbocycles. The molecule has 4 heterocycles. The van der Waals surface area contributed by atoms with Crippen molar-refractivity contribution in [3.05, 3.63) is 75.7 Å². The van der Waals surface area contributed by atoms with Gasteiger partial charge in [-0.1, -0.05) is 6.07 Å². The maximum atomic E-state index is 13.3. The van der Waals surface area contributed by atoms with Crippen LogP contribution >= 0.6 is 0 Å². The predicted molar refractivity (Wildman–Crippen MR) is 155 cm³/mol. The molecule has 44 heavy (non-hydrogen) atoms. The highest BCUT2D eigenvalue weighted by molar-refractivity contribution is 6.23. The number of amides is 2. The van der Waals surface area contributed by atoms with Gasteiger partial charge in [-0.2, -0.15) is 13.2 Å². The van der Waals surface area contributed by atoms with Gasteiger partial charge in [0.1, 0.15) is 29.8 Å². The fourth-order valence-corrected chi connectivity index (χ4v) is 5.57. The van der Waals surface area contributed by atoms with Crippen molar-refractivity contribution in [3.8, 4) is 17.1 Å². The summed E-state index contributed by atoms with van der Waals surface area (Å²) < 4.78 is 44.2. The smallest absolute Gasteiger partial charge is 0.416 e. The van der Waals surface area contributed by atoms with Gasteiger partial charge in [0, 0.05) is 18.8 Å². The lowest BCUT2D eigenvalue weighted by molar-refractivity contribution is -0.137. The molecule has 1 atom stereocenters. The minimum absolute atomic E-state index is 0.0451. The average molecular weight is 611 g/mol. The number of imidazole rings is 1. The Morgan fingerprint density at radius 3 is 2.55 bits per heavy atom. The third-order valence-electron chi connectivity index (χ3n) is 7.90. The lowest BCUT2D eigenvalue weighted by Crippen LogP contribution is -2.46. The Bertz CT molecular complexity index is 1740. The number of pyridine rings is 1. The van der Waals surface area contributed by atoms with E-state index in [2.05, 4.69) is 25.2 Å². The van der Waals surface area contributed by atoms with Crippen molar-refractivity contribution >= 4 is 28.5 Å². The molecule has 230 valence electrons. The number of benzene rings is 2. The number of H-pyrrole nitrogens is 2. The Morgan fingerprint density at radius 1 is 1.09 bits per heavy atom. The largest absolute Gasteiger partial charge is 0.491 e. The lowest BCUT2D eigenvalue weighted by atomic mass is 10.0. The Morgan fingerprint density at radius 2 is 1.82 bits per heavy atom. The van der Waals surface area contributed by atoms with E-state index < -0.39 is 23.4 Å². The molecule has 1 fully saturated rings. The number of nitrogens with one attached hydrogen (secondary N) is 3. The second-order valence-electron chi connectivity index (χ2n) is 11.0. The minimum Gasteiger partial charge on any atom is -0.491 e. The number of anilines is 1. The second-order valence-corrected chi connectivity index (χ2v) is 11.0. The maximum absolute atomic E-state index is 13.3. The number of hydrogen-bond acceptors (Lipinski definition) is 8. The van der Waals surface area contributed by atoms with E-state index >= 15 is 0 Å². The number of aromatic amines is 2. The number of aromatic nitrogens is 3. The van der Waals surface area contributed by atoms with Crippen molar-refractivity contribution in [2.24, 2.45) is 0 Å². The number of hydrogen-bond donors (Lipinski definition) is 4. The van der Waals surface area contributed by atoms with Gasteiger partial charge in [-0.15, -0.1) is 0 Å². The van der Waals surface area contributed by atoms with Gasteiger partial charge in [-0.25, -0.2) is 4.98 Å². The highest BCUT2D eigenvalue weighted by Crippen LogP contribution is 2.33. The summed E-state index contributed by atoms with van der Waals surface area (Å²) in [6, 6.07) is 8.87. The predicted octanol–water partition coefficient (Wildman–Crippen LogP) is 3.48. The monoisotopic (exact) mass is 610 g/mol. The molecule has 1 saturated heterocycles. The van der Waals surface area contributed by atoms with Crippen molar-refractivity contribution in [1.29, 1.82) is 0 Å². The molecule has 0 spiro atoms. The van der Waals surface area contributed by atoms with Crippen molar-refractivity contribution in [2.75, 3.05) is 38.6 Å². The maximum Gasteiger partial charge on any atom is 0.416 e. The molecule has 2 aliphatic heterocycles. The third kappa shape index (κ3) is 5.65.